The van der Waals surface area contributed by atoms with Gasteiger partial charge in [0.1, 0.15) is 11.3 Å². The Hall–Kier alpha value is -2.38. The van der Waals surface area contributed by atoms with Crippen molar-refractivity contribution in [1.82, 2.24) is 24.1 Å². The molecule has 1 N–H and O–H groups in total. The number of aromatic nitrogens is 4. The predicted octanol–water partition coefficient (Wildman–Crippen LogP) is 2.20. The van der Waals surface area contributed by atoms with Gasteiger partial charge in [-0.2, -0.15) is 5.10 Å². The molecule has 0 unspecified atom stereocenters. The molecule has 3 aromatic heterocycles. The largest absolute Gasteiger partial charge is 0.394 e. The van der Waals surface area contributed by atoms with Gasteiger partial charge in [-0.15, -0.1) is 0 Å². The van der Waals surface area contributed by atoms with Gasteiger partial charge >= 0.3 is 0 Å². The van der Waals surface area contributed by atoms with Crippen LogP contribution in [0.2, 0.25) is 5.02 Å². The zero-order chi connectivity index (χ0) is 18.1. The van der Waals surface area contributed by atoms with Gasteiger partial charge in [-0.3, -0.25) is 9.48 Å². The summed E-state index contributed by atoms with van der Waals surface area (Å²) >= 11 is 6.00. The van der Waals surface area contributed by atoms with Crippen molar-refractivity contribution in [3.8, 4) is 0 Å². The second kappa shape index (κ2) is 7.09. The molecule has 8 heteroatoms. The smallest absolute Gasteiger partial charge is 0.274 e. The van der Waals surface area contributed by atoms with Crippen LogP contribution in [-0.2, 0) is 6.54 Å². The maximum Gasteiger partial charge on any atom is 0.274 e. The fraction of sp³-hybridized carbons (Fsp3) is 0.389. The molecule has 1 aliphatic rings. The van der Waals surface area contributed by atoms with Gasteiger partial charge in [-0.05, 0) is 31.0 Å². The number of pyridine rings is 1. The van der Waals surface area contributed by atoms with Crippen molar-refractivity contribution in [2.75, 3.05) is 19.7 Å². The Balaban J connectivity index is 1.51. The lowest BCUT2D eigenvalue weighted by molar-refractivity contribution is 0.0700. The normalized spacial score (nSPS) is 17.8. The molecule has 4 heterocycles. The molecule has 0 saturated carbocycles. The molecule has 0 spiro atoms. The first-order chi connectivity index (χ1) is 12.6. The van der Waals surface area contributed by atoms with Gasteiger partial charge in [-0.25, -0.2) is 4.98 Å². The Bertz CT molecular complexity index is 935. The molecule has 0 radical (unpaired) electrons. The number of aliphatic hydroxyl groups excluding tert-OH is 1. The molecule has 1 saturated heterocycles. The van der Waals surface area contributed by atoms with E-state index in [9.17, 15) is 4.79 Å². The van der Waals surface area contributed by atoms with Crippen LogP contribution in [-0.4, -0.2) is 54.8 Å². The summed E-state index contributed by atoms with van der Waals surface area (Å²) in [6.07, 6.45) is 7.28. The number of amides is 1. The van der Waals surface area contributed by atoms with Gasteiger partial charge in [0, 0.05) is 37.6 Å². The van der Waals surface area contributed by atoms with Gasteiger partial charge in [0.15, 0.2) is 0 Å². The minimum absolute atomic E-state index is 0.0638. The van der Waals surface area contributed by atoms with Crippen molar-refractivity contribution in [3.63, 3.8) is 0 Å². The first-order valence-corrected chi connectivity index (χ1v) is 9.09. The van der Waals surface area contributed by atoms with Crippen molar-refractivity contribution >= 4 is 23.2 Å². The lowest BCUT2D eigenvalue weighted by Crippen LogP contribution is -2.39. The topological polar surface area (TPSA) is 75.7 Å². The van der Waals surface area contributed by atoms with Crippen LogP contribution in [0.5, 0.6) is 0 Å². The number of hydrogen-bond donors (Lipinski definition) is 1. The third-order valence-electron chi connectivity index (χ3n) is 4.75. The number of piperidine rings is 1. The number of carbonyl (C=O) groups excluding carboxylic acids is 1. The van der Waals surface area contributed by atoms with Gasteiger partial charge in [-0.1, -0.05) is 11.6 Å². The molecule has 7 nitrogen and oxygen atoms in total. The fourth-order valence-corrected chi connectivity index (χ4v) is 3.62. The third kappa shape index (κ3) is 3.32. The molecule has 136 valence electrons. The van der Waals surface area contributed by atoms with E-state index in [1.165, 1.54) is 0 Å². The Labute approximate surface area is 155 Å². The van der Waals surface area contributed by atoms with Crippen molar-refractivity contribution in [2.45, 2.75) is 25.3 Å². The molecule has 1 aliphatic heterocycles. The molecule has 26 heavy (non-hydrogen) atoms. The molecule has 1 fully saturated rings. The van der Waals surface area contributed by atoms with Crippen LogP contribution in [0, 0.1) is 0 Å². The minimum atomic E-state index is -0.0655. The predicted molar refractivity (Wildman–Crippen MR) is 97.4 cm³/mol. The number of hydrogen-bond acceptors (Lipinski definition) is 4. The summed E-state index contributed by atoms with van der Waals surface area (Å²) in [5.74, 6) is 0.142. The van der Waals surface area contributed by atoms with E-state index in [4.69, 9.17) is 16.7 Å². The molecule has 0 bridgehead atoms. The van der Waals surface area contributed by atoms with Crippen molar-refractivity contribution < 1.29 is 9.90 Å². The second-order valence-corrected chi connectivity index (χ2v) is 6.99. The summed E-state index contributed by atoms with van der Waals surface area (Å²) < 4.78 is 3.51. The molecular formula is C18H20ClN5O2. The van der Waals surface area contributed by atoms with Crippen molar-refractivity contribution in [3.05, 3.63) is 53.2 Å². The summed E-state index contributed by atoms with van der Waals surface area (Å²) in [6.45, 7) is 1.90. The summed E-state index contributed by atoms with van der Waals surface area (Å²) in [4.78, 5) is 19.2. The van der Waals surface area contributed by atoms with Gasteiger partial charge in [0.2, 0.25) is 0 Å². The van der Waals surface area contributed by atoms with Gasteiger partial charge in [0.25, 0.3) is 5.91 Å². The minimum Gasteiger partial charge on any atom is -0.394 e. The zero-order valence-electron chi connectivity index (χ0n) is 14.3. The molecule has 1 atom stereocenters. The second-order valence-electron chi connectivity index (χ2n) is 6.56. The first kappa shape index (κ1) is 17.1. The Kier molecular flexibility index (Phi) is 4.65. The van der Waals surface area contributed by atoms with E-state index >= 15 is 0 Å². The highest BCUT2D eigenvalue weighted by Crippen LogP contribution is 2.26. The van der Waals surface area contributed by atoms with E-state index in [1.807, 2.05) is 17.2 Å². The first-order valence-electron chi connectivity index (χ1n) is 8.72. The number of aliphatic hydroxyl groups is 1. The highest BCUT2D eigenvalue weighted by Gasteiger charge is 2.28. The Morgan fingerprint density at radius 1 is 1.31 bits per heavy atom. The van der Waals surface area contributed by atoms with E-state index in [-0.39, 0.29) is 18.4 Å². The number of halogens is 1. The summed E-state index contributed by atoms with van der Waals surface area (Å²) in [5, 5.41) is 14.1. The van der Waals surface area contributed by atoms with E-state index in [1.54, 1.807) is 33.6 Å². The number of nitrogens with zero attached hydrogens (tertiary/aromatic N) is 5. The lowest BCUT2D eigenvalue weighted by atomic mass is 9.95. The highest BCUT2D eigenvalue weighted by molar-refractivity contribution is 6.30. The summed E-state index contributed by atoms with van der Waals surface area (Å²) in [5.41, 5.74) is 2.10. The van der Waals surface area contributed by atoms with E-state index in [0.29, 0.717) is 29.5 Å². The van der Waals surface area contributed by atoms with Crippen molar-refractivity contribution in [1.29, 1.82) is 0 Å². The average Bonchev–Trinajstić information content (AvgIpc) is 3.28. The lowest BCUT2D eigenvalue weighted by Gasteiger charge is -2.31. The maximum atomic E-state index is 12.9. The Morgan fingerprint density at radius 2 is 2.19 bits per heavy atom. The number of rotatable bonds is 4. The van der Waals surface area contributed by atoms with E-state index in [0.717, 1.165) is 25.1 Å². The number of likely N-dealkylation sites (tertiary alicyclic amines) is 1. The number of fused-ring (bicyclic) bond motifs is 1. The van der Waals surface area contributed by atoms with Gasteiger partial charge in [0.05, 0.1) is 23.9 Å². The quantitative estimate of drug-likeness (QED) is 0.760. The average molecular weight is 374 g/mol. The molecule has 0 aliphatic carbocycles. The van der Waals surface area contributed by atoms with E-state index < -0.39 is 0 Å². The zero-order valence-corrected chi connectivity index (χ0v) is 15.0. The number of carbonyl (C=O) groups is 1. The van der Waals surface area contributed by atoms with E-state index in [2.05, 4.69) is 10.1 Å². The molecule has 4 rings (SSSR count). The van der Waals surface area contributed by atoms with Crippen LogP contribution in [0.25, 0.3) is 5.65 Å². The van der Waals surface area contributed by atoms with Crippen LogP contribution in [0.4, 0.5) is 0 Å². The summed E-state index contributed by atoms with van der Waals surface area (Å²) in [6, 6.07) is 5.53. The summed E-state index contributed by atoms with van der Waals surface area (Å²) in [7, 11) is 0. The third-order valence-corrected chi connectivity index (χ3v) is 4.97. The number of imidazole rings is 1. The van der Waals surface area contributed by atoms with Crippen molar-refractivity contribution in [2.24, 2.45) is 0 Å². The van der Waals surface area contributed by atoms with Crippen LogP contribution in [0.15, 0.2) is 36.8 Å². The molecule has 0 aromatic carbocycles. The van der Waals surface area contributed by atoms with Crippen LogP contribution in [0.3, 0.4) is 0 Å². The van der Waals surface area contributed by atoms with Crippen LogP contribution >= 0.6 is 11.6 Å². The maximum absolute atomic E-state index is 12.9. The molecule has 3 aromatic rings. The SMILES string of the molecule is O=C(c1cn2cc(Cl)ccc2n1)N1CCC[C@H](c2ccn(CCO)n2)C1. The monoisotopic (exact) mass is 373 g/mol. The molecule has 1 amide bonds. The van der Waals surface area contributed by atoms with Gasteiger partial charge < -0.3 is 14.4 Å². The Morgan fingerprint density at radius 3 is 3.04 bits per heavy atom. The fourth-order valence-electron chi connectivity index (χ4n) is 3.45. The standard InChI is InChI=1S/C18H20ClN5O2/c19-14-3-4-17-20-16(12-23(17)11-14)18(26)22-6-1-2-13(10-22)15-5-7-24(21-15)8-9-25/h3-5,7,11-13,25H,1-2,6,8-10H2/t13-/m0/s1. The van der Waals surface area contributed by atoms with Crippen LogP contribution in [0.1, 0.15) is 34.9 Å². The molecular weight excluding hydrogens is 354 g/mol. The van der Waals surface area contributed by atoms with Crippen LogP contribution < -0.4 is 0 Å². The highest BCUT2D eigenvalue weighted by atomic mass is 35.5.